The molecule has 0 heterocycles. The highest BCUT2D eigenvalue weighted by atomic mass is 16.5. The van der Waals surface area contributed by atoms with Gasteiger partial charge in [-0.1, -0.05) is 17.7 Å². The molecule has 1 atom stereocenters. The van der Waals surface area contributed by atoms with Crippen LogP contribution in [0.3, 0.4) is 0 Å². The van der Waals surface area contributed by atoms with Crippen LogP contribution in [-0.2, 0) is 4.79 Å². The van der Waals surface area contributed by atoms with Crippen LogP contribution in [0.2, 0.25) is 0 Å². The average molecular weight is 267 g/mol. The fourth-order valence-electron chi connectivity index (χ4n) is 1.44. The molecule has 0 aliphatic carbocycles. The summed E-state index contributed by atoms with van der Waals surface area (Å²) in [5.74, 6) is 0.640. The third kappa shape index (κ3) is 6.79. The van der Waals surface area contributed by atoms with Crippen LogP contribution >= 0.6 is 0 Å². The van der Waals surface area contributed by atoms with Crippen molar-refractivity contribution in [3.8, 4) is 5.75 Å². The quantitative estimate of drug-likeness (QED) is 0.603. The largest absolute Gasteiger partial charge is 0.494 e. The van der Waals surface area contributed by atoms with Gasteiger partial charge < -0.3 is 20.3 Å². The van der Waals surface area contributed by atoms with Crippen molar-refractivity contribution in [2.24, 2.45) is 0 Å². The van der Waals surface area contributed by atoms with Crippen LogP contribution in [-0.4, -0.2) is 42.0 Å². The number of amides is 1. The molecular weight excluding hydrogens is 246 g/mol. The van der Waals surface area contributed by atoms with Crippen molar-refractivity contribution < 1.29 is 19.7 Å². The number of aliphatic hydroxyl groups is 2. The van der Waals surface area contributed by atoms with Gasteiger partial charge >= 0.3 is 0 Å². The minimum atomic E-state index is -0.896. The Morgan fingerprint density at radius 2 is 2.05 bits per heavy atom. The lowest BCUT2D eigenvalue weighted by molar-refractivity contribution is -0.121. The molecule has 0 fully saturated rings. The van der Waals surface area contributed by atoms with Crippen molar-refractivity contribution in [2.45, 2.75) is 25.9 Å². The Morgan fingerprint density at radius 1 is 1.37 bits per heavy atom. The monoisotopic (exact) mass is 267 g/mol. The Kier molecular flexibility index (Phi) is 6.92. The number of rotatable bonds is 8. The van der Waals surface area contributed by atoms with Gasteiger partial charge in [0.25, 0.3) is 0 Å². The zero-order valence-corrected chi connectivity index (χ0v) is 11.1. The summed E-state index contributed by atoms with van der Waals surface area (Å²) in [6.07, 6.45) is 0.0478. The molecule has 0 aliphatic rings. The molecule has 0 spiro atoms. The zero-order valence-electron chi connectivity index (χ0n) is 11.1. The lowest BCUT2D eigenvalue weighted by Crippen LogP contribution is -2.33. The maximum absolute atomic E-state index is 11.4. The Balaban J connectivity index is 2.10. The number of benzene rings is 1. The first-order chi connectivity index (χ1) is 9.11. The number of carbonyl (C=O) groups is 1. The van der Waals surface area contributed by atoms with Crippen LogP contribution in [0.25, 0.3) is 0 Å². The third-order valence-corrected chi connectivity index (χ3v) is 2.58. The van der Waals surface area contributed by atoms with Gasteiger partial charge in [0, 0.05) is 13.0 Å². The van der Waals surface area contributed by atoms with Crippen molar-refractivity contribution in [3.63, 3.8) is 0 Å². The summed E-state index contributed by atoms with van der Waals surface area (Å²) >= 11 is 0. The van der Waals surface area contributed by atoms with E-state index in [9.17, 15) is 4.79 Å². The van der Waals surface area contributed by atoms with Crippen LogP contribution in [0.4, 0.5) is 0 Å². The average Bonchev–Trinajstić information content (AvgIpc) is 2.42. The lowest BCUT2D eigenvalue weighted by Gasteiger charge is -2.09. The van der Waals surface area contributed by atoms with E-state index in [1.807, 2.05) is 31.2 Å². The topological polar surface area (TPSA) is 78.8 Å². The van der Waals surface area contributed by atoms with Gasteiger partial charge in [0.2, 0.25) is 5.91 Å². The molecule has 0 aliphatic heterocycles. The summed E-state index contributed by atoms with van der Waals surface area (Å²) in [6, 6.07) is 7.73. The third-order valence-electron chi connectivity index (χ3n) is 2.58. The molecule has 0 radical (unpaired) electrons. The zero-order chi connectivity index (χ0) is 14.1. The predicted molar refractivity (Wildman–Crippen MR) is 72.0 cm³/mol. The highest BCUT2D eigenvalue weighted by Crippen LogP contribution is 2.11. The molecule has 106 valence electrons. The number of hydrogen-bond donors (Lipinski definition) is 3. The number of aryl methyl sites for hydroxylation is 1. The van der Waals surface area contributed by atoms with Gasteiger partial charge in [0.15, 0.2) is 0 Å². The molecule has 1 rings (SSSR count). The van der Waals surface area contributed by atoms with Crippen molar-refractivity contribution >= 4 is 5.91 Å². The van der Waals surface area contributed by atoms with Gasteiger partial charge in [0.05, 0.1) is 19.3 Å². The number of carbonyl (C=O) groups excluding carboxylic acids is 1. The molecule has 0 saturated carbocycles. The molecule has 5 nitrogen and oxygen atoms in total. The predicted octanol–water partition coefficient (Wildman–Crippen LogP) is 0.623. The van der Waals surface area contributed by atoms with Gasteiger partial charge in [-0.3, -0.25) is 4.79 Å². The molecular formula is C14H21NO4. The second-order valence-electron chi connectivity index (χ2n) is 4.41. The Bertz CT molecular complexity index is 378. The van der Waals surface area contributed by atoms with Crippen LogP contribution in [0, 0.1) is 6.92 Å². The smallest absolute Gasteiger partial charge is 0.220 e. The molecule has 19 heavy (non-hydrogen) atoms. The molecule has 5 heteroatoms. The van der Waals surface area contributed by atoms with E-state index in [-0.39, 0.29) is 19.1 Å². The minimum Gasteiger partial charge on any atom is -0.494 e. The minimum absolute atomic E-state index is 0.0775. The van der Waals surface area contributed by atoms with Crippen LogP contribution in [0.1, 0.15) is 18.4 Å². The number of ether oxygens (including phenoxy) is 1. The van der Waals surface area contributed by atoms with E-state index in [1.54, 1.807) is 0 Å². The van der Waals surface area contributed by atoms with Crippen molar-refractivity contribution in [3.05, 3.63) is 29.8 Å². The van der Waals surface area contributed by atoms with E-state index in [4.69, 9.17) is 14.9 Å². The molecule has 1 amide bonds. The van der Waals surface area contributed by atoms with Gasteiger partial charge in [-0.25, -0.2) is 0 Å². The van der Waals surface area contributed by atoms with E-state index < -0.39 is 6.10 Å². The number of hydrogen-bond acceptors (Lipinski definition) is 4. The van der Waals surface area contributed by atoms with Gasteiger partial charge in [-0.05, 0) is 25.5 Å². The first kappa shape index (κ1) is 15.5. The summed E-state index contributed by atoms with van der Waals surface area (Å²) in [7, 11) is 0. The SMILES string of the molecule is Cc1ccc(OCCCC(=O)NCC(O)CO)cc1. The van der Waals surface area contributed by atoms with Gasteiger partial charge in [-0.2, -0.15) is 0 Å². The Morgan fingerprint density at radius 3 is 2.68 bits per heavy atom. The van der Waals surface area contributed by atoms with Crippen LogP contribution in [0.5, 0.6) is 5.75 Å². The van der Waals surface area contributed by atoms with E-state index in [1.165, 1.54) is 5.56 Å². The molecule has 3 N–H and O–H groups in total. The standard InChI is InChI=1S/C14H21NO4/c1-11-4-6-13(7-5-11)19-8-2-3-14(18)15-9-12(17)10-16/h4-7,12,16-17H,2-3,8-10H2,1H3,(H,15,18). The second kappa shape index (κ2) is 8.50. The summed E-state index contributed by atoms with van der Waals surface area (Å²) < 4.78 is 5.49. The summed E-state index contributed by atoms with van der Waals surface area (Å²) in [5, 5.41) is 20.2. The molecule has 0 saturated heterocycles. The van der Waals surface area contributed by atoms with Gasteiger partial charge in [0.1, 0.15) is 5.75 Å². The highest BCUT2D eigenvalue weighted by Gasteiger charge is 2.05. The Hall–Kier alpha value is -1.59. The van der Waals surface area contributed by atoms with Crippen molar-refractivity contribution in [2.75, 3.05) is 19.8 Å². The van der Waals surface area contributed by atoms with E-state index >= 15 is 0 Å². The molecule has 0 bridgehead atoms. The summed E-state index contributed by atoms with van der Waals surface area (Å²) in [4.78, 5) is 11.4. The molecule has 1 unspecified atom stereocenters. The maximum atomic E-state index is 11.4. The summed E-state index contributed by atoms with van der Waals surface area (Å²) in [6.45, 7) is 2.21. The first-order valence-electron chi connectivity index (χ1n) is 6.37. The van der Waals surface area contributed by atoms with Gasteiger partial charge in [-0.15, -0.1) is 0 Å². The fourth-order valence-corrected chi connectivity index (χ4v) is 1.44. The Labute approximate surface area is 113 Å². The molecule has 0 aromatic heterocycles. The first-order valence-corrected chi connectivity index (χ1v) is 6.37. The number of aliphatic hydroxyl groups excluding tert-OH is 2. The van der Waals surface area contributed by atoms with E-state index in [2.05, 4.69) is 5.32 Å². The number of nitrogens with one attached hydrogen (secondary N) is 1. The summed E-state index contributed by atoms with van der Waals surface area (Å²) in [5.41, 5.74) is 1.18. The van der Waals surface area contributed by atoms with Crippen molar-refractivity contribution in [1.82, 2.24) is 5.32 Å². The second-order valence-corrected chi connectivity index (χ2v) is 4.41. The van der Waals surface area contributed by atoms with Crippen LogP contribution < -0.4 is 10.1 Å². The van der Waals surface area contributed by atoms with E-state index in [0.29, 0.717) is 19.4 Å². The van der Waals surface area contributed by atoms with E-state index in [0.717, 1.165) is 5.75 Å². The van der Waals surface area contributed by atoms with Crippen molar-refractivity contribution in [1.29, 1.82) is 0 Å². The normalized spacial score (nSPS) is 11.9. The maximum Gasteiger partial charge on any atom is 0.220 e. The lowest BCUT2D eigenvalue weighted by atomic mass is 10.2. The highest BCUT2D eigenvalue weighted by molar-refractivity contribution is 5.75. The molecule has 1 aromatic rings. The fraction of sp³-hybridized carbons (Fsp3) is 0.500. The van der Waals surface area contributed by atoms with Crippen LogP contribution in [0.15, 0.2) is 24.3 Å². The molecule has 1 aromatic carbocycles.